The molecule has 0 aromatic heterocycles. The van der Waals surface area contributed by atoms with Crippen molar-refractivity contribution in [1.29, 1.82) is 0 Å². The molecular formula is C9H16O6S2Si. The molecule has 0 aromatic rings. The lowest BCUT2D eigenvalue weighted by atomic mass is 10.6. The number of carbonyl (C=O) groups is 3. The van der Waals surface area contributed by atoms with Crippen molar-refractivity contribution in [3.05, 3.63) is 0 Å². The molecule has 0 saturated heterocycles. The first-order valence-corrected chi connectivity index (χ1v) is 8.06. The van der Waals surface area contributed by atoms with Crippen LogP contribution in [-0.4, -0.2) is 37.3 Å². The largest absolute Gasteiger partial charge is 0.718 e. The standard InChI is InChI=1S/C9H16O6S2Si/c1-6(10)13-18(14-7(2)11,15-8(3)12)9(17)4-5-16/h9,16-17H,4-5H2,1-3H3. The lowest BCUT2D eigenvalue weighted by Gasteiger charge is -2.29. The average molecular weight is 312 g/mol. The van der Waals surface area contributed by atoms with Gasteiger partial charge in [0, 0.05) is 20.8 Å². The van der Waals surface area contributed by atoms with Crippen molar-refractivity contribution in [2.45, 2.75) is 32.1 Å². The topological polar surface area (TPSA) is 78.9 Å². The van der Waals surface area contributed by atoms with E-state index in [1.807, 2.05) is 0 Å². The summed E-state index contributed by atoms with van der Waals surface area (Å²) in [4.78, 5) is 32.6. The molecule has 0 aromatic carbocycles. The summed E-state index contributed by atoms with van der Waals surface area (Å²) in [6.07, 6.45) is 0.353. The zero-order valence-corrected chi connectivity index (χ0v) is 13.1. The molecule has 0 aliphatic heterocycles. The molecule has 0 fully saturated rings. The molecule has 0 rings (SSSR count). The summed E-state index contributed by atoms with van der Waals surface area (Å²) in [6, 6.07) is 0. The Labute approximate surface area is 118 Å². The van der Waals surface area contributed by atoms with Gasteiger partial charge in [-0.1, -0.05) is 0 Å². The molecule has 1 unspecified atom stereocenters. The van der Waals surface area contributed by atoms with E-state index >= 15 is 0 Å². The predicted octanol–water partition coefficient (Wildman–Crippen LogP) is 0.772. The molecule has 1 atom stereocenters. The van der Waals surface area contributed by atoms with Crippen LogP contribution in [0.15, 0.2) is 0 Å². The zero-order chi connectivity index (χ0) is 14.3. The van der Waals surface area contributed by atoms with Gasteiger partial charge >= 0.3 is 8.80 Å². The van der Waals surface area contributed by atoms with Crippen molar-refractivity contribution in [1.82, 2.24) is 0 Å². The van der Waals surface area contributed by atoms with E-state index in [2.05, 4.69) is 25.3 Å². The summed E-state index contributed by atoms with van der Waals surface area (Å²) in [5.41, 5.74) is 0. The summed E-state index contributed by atoms with van der Waals surface area (Å²) in [7, 11) is -3.84. The third kappa shape index (κ3) is 5.78. The van der Waals surface area contributed by atoms with E-state index in [0.29, 0.717) is 12.2 Å². The third-order valence-electron chi connectivity index (χ3n) is 1.67. The summed E-state index contributed by atoms with van der Waals surface area (Å²) < 4.78 is 14.9. The number of thiol groups is 2. The molecule has 0 bridgehead atoms. The normalized spacial score (nSPS) is 12.5. The smallest absolute Gasteiger partial charge is 0.455 e. The van der Waals surface area contributed by atoms with Crippen LogP contribution in [-0.2, 0) is 27.7 Å². The average Bonchev–Trinajstić information content (AvgIpc) is 2.14. The lowest BCUT2D eigenvalue weighted by Crippen LogP contribution is -2.57. The van der Waals surface area contributed by atoms with Gasteiger partial charge < -0.3 is 13.3 Å². The van der Waals surface area contributed by atoms with E-state index in [-0.39, 0.29) is 0 Å². The maximum absolute atomic E-state index is 11.1. The Kier molecular flexibility index (Phi) is 7.41. The number of rotatable bonds is 6. The minimum atomic E-state index is -3.84. The first-order valence-electron chi connectivity index (χ1n) is 5.11. The zero-order valence-electron chi connectivity index (χ0n) is 10.3. The van der Waals surface area contributed by atoms with Gasteiger partial charge in [-0.2, -0.15) is 25.3 Å². The molecule has 0 aliphatic carbocycles. The molecular weight excluding hydrogens is 296 g/mol. The quantitative estimate of drug-likeness (QED) is 0.557. The van der Waals surface area contributed by atoms with Crippen molar-refractivity contribution in [2.75, 3.05) is 5.75 Å². The van der Waals surface area contributed by atoms with Crippen LogP contribution in [0.1, 0.15) is 27.2 Å². The van der Waals surface area contributed by atoms with Gasteiger partial charge in [-0.15, -0.1) is 0 Å². The molecule has 18 heavy (non-hydrogen) atoms. The van der Waals surface area contributed by atoms with Gasteiger partial charge in [0.2, 0.25) is 0 Å². The van der Waals surface area contributed by atoms with Crippen molar-refractivity contribution in [2.24, 2.45) is 0 Å². The molecule has 0 saturated carbocycles. The van der Waals surface area contributed by atoms with Crippen LogP contribution >= 0.6 is 25.3 Å². The van der Waals surface area contributed by atoms with Crippen molar-refractivity contribution in [3.8, 4) is 0 Å². The summed E-state index contributed by atoms with van der Waals surface area (Å²) in [5.74, 6) is -1.71. The molecule has 0 N–H and O–H groups in total. The Bertz CT molecular complexity index is 294. The molecule has 0 spiro atoms. The fourth-order valence-corrected chi connectivity index (χ4v) is 4.71. The van der Waals surface area contributed by atoms with Crippen LogP contribution in [0.25, 0.3) is 0 Å². The fourth-order valence-electron chi connectivity index (χ4n) is 1.17. The number of carbonyl (C=O) groups excluding carboxylic acids is 3. The Hall–Kier alpha value is -0.673. The van der Waals surface area contributed by atoms with E-state index in [1.54, 1.807) is 0 Å². The van der Waals surface area contributed by atoms with Gasteiger partial charge in [0.15, 0.2) is 0 Å². The maximum Gasteiger partial charge on any atom is 0.718 e. The highest BCUT2D eigenvalue weighted by Crippen LogP contribution is 2.23. The number of hydrogen-bond donors (Lipinski definition) is 2. The van der Waals surface area contributed by atoms with E-state index in [4.69, 9.17) is 13.3 Å². The second-order valence-corrected chi connectivity index (χ2v) is 7.49. The first kappa shape index (κ1) is 17.3. The Morgan fingerprint density at radius 2 is 1.33 bits per heavy atom. The van der Waals surface area contributed by atoms with Gasteiger partial charge in [-0.25, -0.2) is 0 Å². The van der Waals surface area contributed by atoms with Gasteiger partial charge in [-0.3, -0.25) is 14.4 Å². The van der Waals surface area contributed by atoms with Crippen LogP contribution in [0.5, 0.6) is 0 Å². The fraction of sp³-hybridized carbons (Fsp3) is 0.667. The molecule has 0 radical (unpaired) electrons. The first-order chi connectivity index (χ1) is 8.23. The van der Waals surface area contributed by atoms with E-state index < -0.39 is 31.6 Å². The molecule has 0 aliphatic rings. The lowest BCUT2D eigenvalue weighted by molar-refractivity contribution is -0.147. The molecule has 9 heteroatoms. The predicted molar refractivity (Wildman–Crippen MR) is 72.3 cm³/mol. The molecule has 6 nitrogen and oxygen atoms in total. The summed E-state index contributed by atoms with van der Waals surface area (Å²) >= 11 is 8.21. The summed E-state index contributed by atoms with van der Waals surface area (Å²) in [5, 5.41) is 0. The maximum atomic E-state index is 11.1. The van der Waals surface area contributed by atoms with Crippen LogP contribution < -0.4 is 0 Å². The van der Waals surface area contributed by atoms with Gasteiger partial charge in [-0.05, 0) is 12.2 Å². The van der Waals surface area contributed by atoms with Crippen LogP contribution in [0, 0.1) is 0 Å². The van der Waals surface area contributed by atoms with Crippen molar-refractivity contribution >= 4 is 52.0 Å². The Morgan fingerprint density at radius 1 is 1.00 bits per heavy atom. The second kappa shape index (κ2) is 7.69. The molecule has 0 amide bonds. The monoisotopic (exact) mass is 312 g/mol. The number of hydrogen-bond acceptors (Lipinski definition) is 8. The van der Waals surface area contributed by atoms with Gasteiger partial charge in [0.1, 0.15) is 4.87 Å². The molecule has 0 heterocycles. The highest BCUT2D eigenvalue weighted by molar-refractivity contribution is 7.83. The van der Waals surface area contributed by atoms with Gasteiger partial charge in [0.25, 0.3) is 17.9 Å². The minimum Gasteiger partial charge on any atom is -0.455 e. The highest BCUT2D eigenvalue weighted by atomic mass is 32.1. The minimum absolute atomic E-state index is 0.353. The second-order valence-electron chi connectivity index (χ2n) is 3.41. The van der Waals surface area contributed by atoms with Crippen molar-refractivity contribution < 1.29 is 27.7 Å². The Morgan fingerprint density at radius 3 is 1.56 bits per heavy atom. The van der Waals surface area contributed by atoms with E-state index in [9.17, 15) is 14.4 Å². The third-order valence-corrected chi connectivity index (χ3v) is 5.95. The Balaban J connectivity index is 5.28. The van der Waals surface area contributed by atoms with Crippen molar-refractivity contribution in [3.63, 3.8) is 0 Å². The van der Waals surface area contributed by atoms with Crippen LogP contribution in [0.3, 0.4) is 0 Å². The highest BCUT2D eigenvalue weighted by Gasteiger charge is 2.57. The van der Waals surface area contributed by atoms with E-state index in [0.717, 1.165) is 20.8 Å². The SMILES string of the molecule is CC(=O)O[Si](OC(C)=O)(OC(C)=O)C(S)CCS. The van der Waals surface area contributed by atoms with Gasteiger partial charge in [0.05, 0.1) is 0 Å². The van der Waals surface area contributed by atoms with Crippen LogP contribution in [0.2, 0.25) is 0 Å². The van der Waals surface area contributed by atoms with E-state index in [1.165, 1.54) is 0 Å². The molecule has 104 valence electrons. The van der Waals surface area contributed by atoms with Crippen LogP contribution in [0.4, 0.5) is 0 Å². The summed E-state index contributed by atoms with van der Waals surface area (Å²) in [6.45, 7) is 3.40.